The van der Waals surface area contributed by atoms with Gasteiger partial charge in [0.25, 0.3) is 0 Å². The van der Waals surface area contributed by atoms with Gasteiger partial charge in [-0.25, -0.2) is 0 Å². The number of aryl methyl sites for hydroxylation is 1. The average Bonchev–Trinajstić information content (AvgIpc) is 3.04. The number of para-hydroxylation sites is 1. The molecular weight excluding hydrogens is 286 g/mol. The lowest BCUT2D eigenvalue weighted by Gasteiger charge is -2.11. The highest BCUT2D eigenvalue weighted by Gasteiger charge is 2.18. The molecule has 1 aliphatic heterocycles. The lowest BCUT2D eigenvalue weighted by atomic mass is 10.0. The molecule has 0 saturated carbocycles. The highest BCUT2D eigenvalue weighted by atomic mass is 16.7. The van der Waals surface area contributed by atoms with Gasteiger partial charge in [-0.15, -0.1) is 0 Å². The minimum Gasteiger partial charge on any atom is -0.496 e. The van der Waals surface area contributed by atoms with Crippen molar-refractivity contribution in [1.82, 2.24) is 5.48 Å². The van der Waals surface area contributed by atoms with E-state index in [1.807, 2.05) is 18.2 Å². The van der Waals surface area contributed by atoms with Crippen molar-refractivity contribution in [1.29, 1.82) is 0 Å². The summed E-state index contributed by atoms with van der Waals surface area (Å²) in [4.78, 5) is 5.67. The zero-order valence-corrected chi connectivity index (χ0v) is 13.5. The molecule has 2 aromatic rings. The predicted molar refractivity (Wildman–Crippen MR) is 92.2 cm³/mol. The minimum atomic E-state index is 0.0676. The van der Waals surface area contributed by atoms with E-state index in [9.17, 15) is 0 Å². The first-order valence-corrected chi connectivity index (χ1v) is 8.13. The highest BCUT2D eigenvalue weighted by Crippen LogP contribution is 2.23. The van der Waals surface area contributed by atoms with E-state index >= 15 is 0 Å². The summed E-state index contributed by atoms with van der Waals surface area (Å²) >= 11 is 0. The van der Waals surface area contributed by atoms with Gasteiger partial charge < -0.3 is 4.74 Å². The summed E-state index contributed by atoms with van der Waals surface area (Å²) < 4.78 is 5.40. The van der Waals surface area contributed by atoms with Crippen molar-refractivity contribution in [2.45, 2.75) is 31.8 Å². The number of hydrogen-bond acceptors (Lipinski definition) is 3. The zero-order valence-electron chi connectivity index (χ0n) is 13.5. The van der Waals surface area contributed by atoms with Gasteiger partial charge in [0.15, 0.2) is 0 Å². The second-order valence-corrected chi connectivity index (χ2v) is 5.81. The van der Waals surface area contributed by atoms with E-state index in [0.717, 1.165) is 31.4 Å². The van der Waals surface area contributed by atoms with Crippen LogP contribution in [0.4, 0.5) is 0 Å². The van der Waals surface area contributed by atoms with E-state index in [0.29, 0.717) is 0 Å². The van der Waals surface area contributed by atoms with E-state index in [-0.39, 0.29) is 6.10 Å². The molecule has 0 amide bonds. The fraction of sp³-hybridized carbons (Fsp3) is 0.300. The van der Waals surface area contributed by atoms with Crippen molar-refractivity contribution in [2.24, 2.45) is 0 Å². The number of nitrogens with one attached hydrogen (secondary N) is 1. The molecule has 3 rings (SSSR count). The summed E-state index contributed by atoms with van der Waals surface area (Å²) in [7, 11) is 1.71. The van der Waals surface area contributed by atoms with Gasteiger partial charge in [0.05, 0.1) is 7.11 Å². The second-order valence-electron chi connectivity index (χ2n) is 5.81. The maximum absolute atomic E-state index is 5.67. The van der Waals surface area contributed by atoms with Crippen LogP contribution in [0.15, 0.2) is 66.4 Å². The van der Waals surface area contributed by atoms with E-state index in [2.05, 4.69) is 48.0 Å². The molecule has 23 heavy (non-hydrogen) atoms. The Morgan fingerprint density at radius 1 is 1.00 bits per heavy atom. The summed E-state index contributed by atoms with van der Waals surface area (Å²) in [6, 6.07) is 18.7. The number of benzene rings is 2. The lowest BCUT2D eigenvalue weighted by molar-refractivity contribution is 0.0414. The zero-order chi connectivity index (χ0) is 15.9. The fourth-order valence-corrected chi connectivity index (χ4v) is 2.89. The molecule has 3 heteroatoms. The third kappa shape index (κ3) is 4.36. The van der Waals surface area contributed by atoms with Crippen LogP contribution in [0, 0.1) is 0 Å². The van der Waals surface area contributed by atoms with Crippen molar-refractivity contribution in [3.63, 3.8) is 0 Å². The smallest absolute Gasteiger partial charge is 0.122 e. The van der Waals surface area contributed by atoms with Gasteiger partial charge in [0.1, 0.15) is 11.9 Å². The third-order valence-electron chi connectivity index (χ3n) is 4.10. The van der Waals surface area contributed by atoms with E-state index in [4.69, 9.17) is 9.57 Å². The van der Waals surface area contributed by atoms with Crippen LogP contribution in [0.5, 0.6) is 5.75 Å². The Morgan fingerprint density at radius 3 is 2.61 bits per heavy atom. The molecule has 0 aliphatic carbocycles. The minimum absolute atomic E-state index is 0.0676. The van der Waals surface area contributed by atoms with Gasteiger partial charge in [-0.3, -0.25) is 10.3 Å². The van der Waals surface area contributed by atoms with Crippen LogP contribution in [0.25, 0.3) is 0 Å². The Labute approximate surface area is 137 Å². The van der Waals surface area contributed by atoms with Crippen LogP contribution in [-0.2, 0) is 17.7 Å². The van der Waals surface area contributed by atoms with Crippen LogP contribution < -0.4 is 10.2 Å². The molecule has 0 spiro atoms. The van der Waals surface area contributed by atoms with E-state index in [1.165, 1.54) is 16.8 Å². The molecule has 1 N–H and O–H groups in total. The first-order valence-electron chi connectivity index (χ1n) is 8.13. The number of ether oxygens (including phenoxy) is 1. The Bertz CT molecular complexity index is 652. The Balaban J connectivity index is 1.50. The van der Waals surface area contributed by atoms with Gasteiger partial charge in [-0.1, -0.05) is 48.5 Å². The molecule has 1 aliphatic rings. The maximum atomic E-state index is 5.67. The molecule has 1 unspecified atom stereocenters. The molecule has 1 atom stereocenters. The molecule has 0 saturated heterocycles. The molecule has 0 bridgehead atoms. The highest BCUT2D eigenvalue weighted by molar-refractivity contribution is 5.34. The Hall–Kier alpha value is -2.26. The third-order valence-corrected chi connectivity index (χ3v) is 4.10. The first kappa shape index (κ1) is 15.6. The maximum Gasteiger partial charge on any atom is 0.122 e. The second kappa shape index (κ2) is 7.84. The van der Waals surface area contributed by atoms with Gasteiger partial charge >= 0.3 is 0 Å². The standard InChI is InChI=1S/C20H23NO2/c1-22-20-13-6-5-11-17(20)14-19-15-18(21-23-19)12-7-10-16-8-3-2-4-9-16/h2-6,8-9,11,13,15,19,21H,7,10,12,14H2,1H3. The van der Waals surface area contributed by atoms with E-state index < -0.39 is 0 Å². The van der Waals surface area contributed by atoms with Crippen molar-refractivity contribution in [3.05, 3.63) is 77.5 Å². The molecule has 2 aromatic carbocycles. The number of allylic oxidation sites excluding steroid dienone is 1. The Morgan fingerprint density at radius 2 is 1.78 bits per heavy atom. The number of hydroxylamine groups is 1. The van der Waals surface area contributed by atoms with Crippen LogP contribution in [-0.4, -0.2) is 13.2 Å². The summed E-state index contributed by atoms with van der Waals surface area (Å²) in [5.74, 6) is 0.919. The molecular formula is C20H23NO2. The van der Waals surface area contributed by atoms with Gasteiger partial charge in [-0.2, -0.15) is 0 Å². The summed E-state index contributed by atoms with van der Waals surface area (Å²) in [6.45, 7) is 0. The van der Waals surface area contributed by atoms with E-state index in [1.54, 1.807) is 7.11 Å². The molecule has 0 aromatic heterocycles. The normalized spacial score (nSPS) is 16.7. The van der Waals surface area contributed by atoms with Crippen molar-refractivity contribution >= 4 is 0 Å². The van der Waals surface area contributed by atoms with Gasteiger partial charge in [0.2, 0.25) is 0 Å². The largest absolute Gasteiger partial charge is 0.496 e. The Kier molecular flexibility index (Phi) is 5.33. The van der Waals surface area contributed by atoms with Gasteiger partial charge in [-0.05, 0) is 42.5 Å². The van der Waals surface area contributed by atoms with Crippen molar-refractivity contribution in [2.75, 3.05) is 7.11 Å². The van der Waals surface area contributed by atoms with Crippen LogP contribution >= 0.6 is 0 Å². The SMILES string of the molecule is COc1ccccc1CC1C=C(CCCc2ccccc2)NO1. The molecule has 3 nitrogen and oxygen atoms in total. The summed E-state index contributed by atoms with van der Waals surface area (Å²) in [5.41, 5.74) is 6.81. The first-order chi connectivity index (χ1) is 11.3. The van der Waals surface area contributed by atoms with Crippen LogP contribution in [0.3, 0.4) is 0 Å². The fourth-order valence-electron chi connectivity index (χ4n) is 2.89. The number of methoxy groups -OCH3 is 1. The number of hydrogen-bond donors (Lipinski definition) is 1. The lowest BCUT2D eigenvalue weighted by Crippen LogP contribution is -2.15. The van der Waals surface area contributed by atoms with Crippen molar-refractivity contribution in [3.8, 4) is 5.75 Å². The van der Waals surface area contributed by atoms with Gasteiger partial charge in [0, 0.05) is 12.1 Å². The quantitative estimate of drug-likeness (QED) is 0.837. The predicted octanol–water partition coefficient (Wildman–Crippen LogP) is 4.05. The summed E-state index contributed by atoms with van der Waals surface area (Å²) in [5, 5.41) is 0. The monoisotopic (exact) mass is 309 g/mol. The molecule has 120 valence electrons. The average molecular weight is 309 g/mol. The number of rotatable bonds is 7. The van der Waals surface area contributed by atoms with Crippen molar-refractivity contribution < 1.29 is 9.57 Å². The topological polar surface area (TPSA) is 30.5 Å². The summed E-state index contributed by atoms with van der Waals surface area (Å²) in [6.07, 6.45) is 6.30. The van der Waals surface area contributed by atoms with Crippen LogP contribution in [0.1, 0.15) is 24.0 Å². The molecule has 0 fully saturated rings. The van der Waals surface area contributed by atoms with Crippen LogP contribution in [0.2, 0.25) is 0 Å². The molecule has 0 radical (unpaired) electrons. The molecule has 1 heterocycles.